The van der Waals surface area contributed by atoms with Gasteiger partial charge < -0.3 is 20.3 Å². The van der Waals surface area contributed by atoms with Crippen molar-refractivity contribution in [3.05, 3.63) is 48.6 Å². The lowest BCUT2D eigenvalue weighted by Gasteiger charge is -2.24. The van der Waals surface area contributed by atoms with Crippen molar-refractivity contribution in [1.82, 2.24) is 5.32 Å². The lowest BCUT2D eigenvalue weighted by Crippen LogP contribution is -2.46. The van der Waals surface area contributed by atoms with Crippen LogP contribution in [0.3, 0.4) is 0 Å². The zero-order valence-corrected chi connectivity index (χ0v) is 46.2. The van der Waals surface area contributed by atoms with E-state index in [1.54, 1.807) is 0 Å². The van der Waals surface area contributed by atoms with Gasteiger partial charge in [0.05, 0.1) is 25.2 Å². The lowest BCUT2D eigenvalue weighted by atomic mass is 10.0. The first-order valence-electron chi connectivity index (χ1n) is 30.4. The number of hydrogen-bond acceptors (Lipinski definition) is 5. The number of aliphatic hydroxyl groups excluding tert-OH is 2. The van der Waals surface area contributed by atoms with Gasteiger partial charge >= 0.3 is 5.97 Å². The minimum atomic E-state index is -0.799. The standard InChI is InChI=1S/C63H117NO5/c1-4-7-10-13-16-19-22-25-28-30-31-32-35-38-41-44-47-50-53-56-63(68)69-59(54-51-48-45-42-39-36-33-27-24-21-18-15-12-9-6-3)57-62(67)64-60(58-65)61(66)55-52-49-46-43-40-37-34-29-26-23-20-17-14-11-8-5-2/h18,21,25,27-28,33,39,42,59-61,65-66H,4-17,19-20,22-24,26,29-32,34-38,40-41,43-58H2,1-3H3,(H,64,67)/b21-18-,28-25+,33-27-,42-39-. The molecule has 404 valence electrons. The summed E-state index contributed by atoms with van der Waals surface area (Å²) in [7, 11) is 0. The summed E-state index contributed by atoms with van der Waals surface area (Å²) in [6.45, 7) is 6.48. The Kier molecular flexibility index (Phi) is 54.9. The topological polar surface area (TPSA) is 95.9 Å². The quantitative estimate of drug-likeness (QED) is 0.0321. The van der Waals surface area contributed by atoms with E-state index in [1.807, 2.05) is 0 Å². The SMILES string of the molecule is CCCCC/C=C\C/C=C\C/C=C\CCCCC(CC(=O)NC(CO)C(O)CCCCCCCCCCCCCCCCCC)OC(=O)CCCCCCCCCCC/C=C/CCCCCCCC. The van der Waals surface area contributed by atoms with Gasteiger partial charge in [-0.05, 0) is 89.9 Å². The molecule has 0 aliphatic rings. The third-order valence-corrected chi connectivity index (χ3v) is 13.9. The second-order valence-corrected chi connectivity index (χ2v) is 20.7. The van der Waals surface area contributed by atoms with Crippen molar-refractivity contribution in [2.75, 3.05) is 6.61 Å². The number of esters is 1. The normalized spacial score (nSPS) is 13.4. The minimum Gasteiger partial charge on any atom is -0.462 e. The smallest absolute Gasteiger partial charge is 0.306 e. The fourth-order valence-corrected chi connectivity index (χ4v) is 9.26. The molecule has 0 saturated carbocycles. The predicted molar refractivity (Wildman–Crippen MR) is 301 cm³/mol. The van der Waals surface area contributed by atoms with Crippen LogP contribution in [0.4, 0.5) is 0 Å². The molecule has 0 aromatic rings. The Balaban J connectivity index is 4.56. The molecule has 0 aromatic heterocycles. The highest BCUT2D eigenvalue weighted by Crippen LogP contribution is 2.18. The summed E-state index contributed by atoms with van der Waals surface area (Å²) in [5.41, 5.74) is 0. The monoisotopic (exact) mass is 968 g/mol. The summed E-state index contributed by atoms with van der Waals surface area (Å²) in [6, 6.07) is -0.715. The molecule has 3 atom stereocenters. The zero-order chi connectivity index (χ0) is 50.2. The highest BCUT2D eigenvalue weighted by molar-refractivity contribution is 5.77. The first kappa shape index (κ1) is 66.8. The van der Waals surface area contributed by atoms with Crippen LogP contribution < -0.4 is 5.32 Å². The van der Waals surface area contributed by atoms with Crippen LogP contribution in [0.15, 0.2) is 48.6 Å². The Morgan fingerprint density at radius 1 is 0.420 bits per heavy atom. The Bertz CT molecular complexity index is 1180. The van der Waals surface area contributed by atoms with Gasteiger partial charge in [0.1, 0.15) is 6.10 Å². The van der Waals surface area contributed by atoms with E-state index in [2.05, 4.69) is 74.7 Å². The van der Waals surface area contributed by atoms with Gasteiger partial charge in [-0.25, -0.2) is 0 Å². The van der Waals surface area contributed by atoms with Crippen LogP contribution in [0.1, 0.15) is 316 Å². The van der Waals surface area contributed by atoms with Crippen LogP contribution >= 0.6 is 0 Å². The molecule has 0 aliphatic carbocycles. The second-order valence-electron chi connectivity index (χ2n) is 20.7. The fourth-order valence-electron chi connectivity index (χ4n) is 9.26. The molecule has 6 nitrogen and oxygen atoms in total. The van der Waals surface area contributed by atoms with E-state index in [-0.39, 0.29) is 24.9 Å². The van der Waals surface area contributed by atoms with E-state index in [4.69, 9.17) is 4.74 Å². The van der Waals surface area contributed by atoms with Crippen LogP contribution in [0.2, 0.25) is 0 Å². The Labute approximate surface area is 429 Å². The Morgan fingerprint density at radius 3 is 1.17 bits per heavy atom. The molecule has 0 spiro atoms. The molecule has 3 unspecified atom stereocenters. The molecule has 1 amide bonds. The van der Waals surface area contributed by atoms with Gasteiger partial charge in [0.25, 0.3) is 0 Å². The van der Waals surface area contributed by atoms with E-state index in [1.165, 1.54) is 199 Å². The summed E-state index contributed by atoms with van der Waals surface area (Å²) in [4.78, 5) is 26.3. The maximum Gasteiger partial charge on any atom is 0.306 e. The lowest BCUT2D eigenvalue weighted by molar-refractivity contribution is -0.151. The fraction of sp³-hybridized carbons (Fsp3) is 0.841. The summed E-state index contributed by atoms with van der Waals surface area (Å²) in [5.74, 6) is -0.501. The van der Waals surface area contributed by atoms with Crippen LogP contribution in [0.5, 0.6) is 0 Å². The van der Waals surface area contributed by atoms with E-state index in [0.717, 1.165) is 70.6 Å². The van der Waals surface area contributed by atoms with Crippen LogP contribution in [0.25, 0.3) is 0 Å². The Morgan fingerprint density at radius 2 is 0.739 bits per heavy atom. The molecule has 0 heterocycles. The van der Waals surface area contributed by atoms with E-state index < -0.39 is 18.2 Å². The molecule has 6 heteroatoms. The number of carbonyl (C=O) groups is 2. The first-order chi connectivity index (χ1) is 34.0. The molecule has 0 radical (unpaired) electrons. The van der Waals surface area contributed by atoms with Gasteiger partial charge in [-0.2, -0.15) is 0 Å². The van der Waals surface area contributed by atoms with E-state index >= 15 is 0 Å². The highest BCUT2D eigenvalue weighted by atomic mass is 16.5. The van der Waals surface area contributed by atoms with Gasteiger partial charge in [-0.1, -0.05) is 262 Å². The molecular weight excluding hydrogens is 851 g/mol. The summed E-state index contributed by atoms with van der Waals surface area (Å²) < 4.78 is 5.95. The summed E-state index contributed by atoms with van der Waals surface area (Å²) in [5, 5.41) is 23.9. The number of unbranched alkanes of at least 4 members (excludes halogenated alkanes) is 35. The predicted octanol–water partition coefficient (Wildman–Crippen LogP) is 19.0. The molecule has 0 aliphatic heterocycles. The number of amides is 1. The number of carbonyl (C=O) groups excluding carboxylic acids is 2. The number of allylic oxidation sites excluding steroid dienone is 8. The molecule has 0 bridgehead atoms. The number of hydrogen-bond donors (Lipinski definition) is 3. The van der Waals surface area contributed by atoms with Gasteiger partial charge in [-0.15, -0.1) is 0 Å². The number of ether oxygens (including phenoxy) is 1. The third-order valence-electron chi connectivity index (χ3n) is 13.9. The second kappa shape index (κ2) is 56.7. The molecule has 3 N–H and O–H groups in total. The molecular formula is C63H117NO5. The maximum absolute atomic E-state index is 13.3. The minimum absolute atomic E-state index is 0.0528. The van der Waals surface area contributed by atoms with Crippen molar-refractivity contribution in [3.63, 3.8) is 0 Å². The number of rotatable bonds is 55. The number of nitrogens with one attached hydrogen (secondary N) is 1. The Hall–Kier alpha value is -2.18. The van der Waals surface area contributed by atoms with Gasteiger partial charge in [0, 0.05) is 6.42 Å². The number of aliphatic hydroxyl groups is 2. The van der Waals surface area contributed by atoms with Crippen molar-refractivity contribution in [2.45, 2.75) is 334 Å². The largest absolute Gasteiger partial charge is 0.462 e. The molecule has 0 fully saturated rings. The third kappa shape index (κ3) is 52.0. The van der Waals surface area contributed by atoms with Crippen molar-refractivity contribution >= 4 is 11.9 Å². The first-order valence-corrected chi connectivity index (χ1v) is 30.4. The van der Waals surface area contributed by atoms with E-state index in [9.17, 15) is 19.8 Å². The van der Waals surface area contributed by atoms with Crippen molar-refractivity contribution in [3.8, 4) is 0 Å². The van der Waals surface area contributed by atoms with Gasteiger partial charge in [0.2, 0.25) is 5.91 Å². The average molecular weight is 969 g/mol. The molecule has 0 rings (SSSR count). The summed E-state index contributed by atoms with van der Waals surface area (Å²) in [6.07, 6.45) is 70.4. The average Bonchev–Trinajstić information content (AvgIpc) is 3.34. The van der Waals surface area contributed by atoms with E-state index in [0.29, 0.717) is 19.3 Å². The molecule has 69 heavy (non-hydrogen) atoms. The van der Waals surface area contributed by atoms with Crippen molar-refractivity contribution in [1.29, 1.82) is 0 Å². The zero-order valence-electron chi connectivity index (χ0n) is 46.2. The van der Waals surface area contributed by atoms with Gasteiger partial charge in [0.15, 0.2) is 0 Å². The van der Waals surface area contributed by atoms with Crippen molar-refractivity contribution in [2.24, 2.45) is 0 Å². The van der Waals surface area contributed by atoms with Crippen LogP contribution in [-0.2, 0) is 14.3 Å². The van der Waals surface area contributed by atoms with Crippen LogP contribution in [-0.4, -0.2) is 46.9 Å². The summed E-state index contributed by atoms with van der Waals surface area (Å²) >= 11 is 0. The highest BCUT2D eigenvalue weighted by Gasteiger charge is 2.24. The van der Waals surface area contributed by atoms with Crippen molar-refractivity contribution < 1.29 is 24.5 Å². The van der Waals surface area contributed by atoms with Gasteiger partial charge in [-0.3, -0.25) is 9.59 Å². The van der Waals surface area contributed by atoms with Crippen LogP contribution in [0, 0.1) is 0 Å². The maximum atomic E-state index is 13.3. The molecule has 0 saturated heterocycles. The molecule has 0 aromatic carbocycles.